The average Bonchev–Trinajstić information content (AvgIpc) is 3.06. The highest BCUT2D eigenvalue weighted by Gasteiger charge is 2.22. The third-order valence-electron chi connectivity index (χ3n) is 8.27. The van der Waals surface area contributed by atoms with Crippen molar-refractivity contribution < 1.29 is 0 Å². The number of hydrogen-bond acceptors (Lipinski definition) is 1. The van der Waals surface area contributed by atoms with Crippen LogP contribution in [0.2, 0.25) is 0 Å². The number of para-hydroxylation sites is 1. The minimum Gasteiger partial charge on any atom is -0.309 e. The van der Waals surface area contributed by atoms with Crippen molar-refractivity contribution in [2.45, 2.75) is 0 Å². The molecule has 0 aliphatic heterocycles. The topological polar surface area (TPSA) is 3.24 Å². The molecule has 0 bridgehead atoms. The van der Waals surface area contributed by atoms with Gasteiger partial charge in [-0.2, -0.15) is 0 Å². The second-order valence-electron chi connectivity index (χ2n) is 10.7. The number of nitrogens with zero attached hydrogens (tertiary/aromatic N) is 1. The molecule has 0 aliphatic rings. The molecule has 8 aromatic rings. The lowest BCUT2D eigenvalue weighted by atomic mass is 9.92. The van der Waals surface area contributed by atoms with Gasteiger partial charge in [0.2, 0.25) is 0 Å². The standard InChI is InChI=1S/C40H26BrN/c41-36-24-19-29-17-23-35-37(25-20-30-16-22-34(36)39(29)40(30)35)42(32-14-8-3-9-15-32)38-26-31(27-10-4-1-5-11-27)18-21-33(38)28-12-6-2-7-13-28/h1-26H. The Hall–Kier alpha value is -4.92. The van der Waals surface area contributed by atoms with Crippen molar-refractivity contribution in [3.8, 4) is 22.3 Å². The molecular formula is C40H26BrN. The van der Waals surface area contributed by atoms with Crippen LogP contribution in [-0.4, -0.2) is 0 Å². The summed E-state index contributed by atoms with van der Waals surface area (Å²) in [6.07, 6.45) is 0. The van der Waals surface area contributed by atoms with E-state index in [0.717, 1.165) is 21.5 Å². The highest BCUT2D eigenvalue weighted by Crippen LogP contribution is 2.47. The summed E-state index contributed by atoms with van der Waals surface area (Å²) in [7, 11) is 0. The van der Waals surface area contributed by atoms with E-state index in [4.69, 9.17) is 0 Å². The molecule has 0 radical (unpaired) electrons. The SMILES string of the molecule is Brc1ccc2ccc3c(N(c4ccccc4)c4cc(-c5ccccc5)ccc4-c4ccccc4)ccc4ccc1c2c43. The van der Waals surface area contributed by atoms with Gasteiger partial charge in [-0.15, -0.1) is 0 Å². The summed E-state index contributed by atoms with van der Waals surface area (Å²) in [5.41, 5.74) is 8.19. The average molecular weight is 601 g/mol. The first-order chi connectivity index (χ1) is 20.8. The summed E-state index contributed by atoms with van der Waals surface area (Å²) in [4.78, 5) is 2.44. The number of halogens is 1. The lowest BCUT2D eigenvalue weighted by Crippen LogP contribution is -2.12. The Bertz CT molecular complexity index is 2190. The first-order valence-electron chi connectivity index (χ1n) is 14.2. The predicted octanol–water partition coefficient (Wildman–Crippen LogP) is 12.2. The maximum Gasteiger partial charge on any atom is 0.0546 e. The lowest BCUT2D eigenvalue weighted by molar-refractivity contribution is 1.30. The van der Waals surface area contributed by atoms with Crippen molar-refractivity contribution in [3.63, 3.8) is 0 Å². The van der Waals surface area contributed by atoms with Crippen molar-refractivity contribution in [3.05, 3.63) is 162 Å². The van der Waals surface area contributed by atoms with Crippen molar-refractivity contribution in [1.82, 2.24) is 0 Å². The molecule has 0 atom stereocenters. The van der Waals surface area contributed by atoms with Gasteiger partial charge in [-0.1, -0.05) is 143 Å². The minimum atomic E-state index is 1.12. The van der Waals surface area contributed by atoms with E-state index in [1.54, 1.807) is 0 Å². The highest BCUT2D eigenvalue weighted by atomic mass is 79.9. The Balaban J connectivity index is 1.47. The normalized spacial score (nSPS) is 11.5. The molecule has 0 N–H and O–H groups in total. The second kappa shape index (κ2) is 10.2. The predicted molar refractivity (Wildman–Crippen MR) is 183 cm³/mol. The fourth-order valence-electron chi connectivity index (χ4n) is 6.32. The first-order valence-corrected chi connectivity index (χ1v) is 15.0. The van der Waals surface area contributed by atoms with Crippen LogP contribution in [0.15, 0.2) is 162 Å². The van der Waals surface area contributed by atoms with Crippen LogP contribution < -0.4 is 4.90 Å². The van der Waals surface area contributed by atoms with Crippen LogP contribution >= 0.6 is 15.9 Å². The van der Waals surface area contributed by atoms with E-state index in [2.05, 4.69) is 179 Å². The molecule has 0 saturated heterocycles. The van der Waals surface area contributed by atoms with Gasteiger partial charge in [0.05, 0.1) is 11.4 Å². The van der Waals surface area contributed by atoms with Crippen LogP contribution in [0, 0.1) is 0 Å². The molecule has 8 aromatic carbocycles. The Morgan fingerprint density at radius 2 is 0.976 bits per heavy atom. The van der Waals surface area contributed by atoms with Gasteiger partial charge < -0.3 is 4.90 Å². The molecule has 8 rings (SSSR count). The molecule has 0 unspecified atom stereocenters. The highest BCUT2D eigenvalue weighted by molar-refractivity contribution is 9.10. The smallest absolute Gasteiger partial charge is 0.0546 e. The molecule has 0 saturated carbocycles. The molecular weight excluding hydrogens is 574 g/mol. The van der Waals surface area contributed by atoms with Crippen LogP contribution in [0.3, 0.4) is 0 Å². The molecule has 1 nitrogen and oxygen atoms in total. The van der Waals surface area contributed by atoms with Crippen LogP contribution in [0.4, 0.5) is 17.1 Å². The number of anilines is 3. The van der Waals surface area contributed by atoms with Crippen molar-refractivity contribution in [2.24, 2.45) is 0 Å². The van der Waals surface area contributed by atoms with E-state index >= 15 is 0 Å². The Morgan fingerprint density at radius 3 is 1.69 bits per heavy atom. The first kappa shape index (κ1) is 24.8. The molecule has 0 aromatic heterocycles. The molecule has 0 spiro atoms. The van der Waals surface area contributed by atoms with Crippen molar-refractivity contribution >= 4 is 65.3 Å². The van der Waals surface area contributed by atoms with E-state index in [9.17, 15) is 0 Å². The summed E-state index contributed by atoms with van der Waals surface area (Å²) in [5.74, 6) is 0. The zero-order valence-corrected chi connectivity index (χ0v) is 24.4. The van der Waals surface area contributed by atoms with E-state index < -0.39 is 0 Å². The Labute approximate surface area is 253 Å². The van der Waals surface area contributed by atoms with E-state index in [-0.39, 0.29) is 0 Å². The van der Waals surface area contributed by atoms with Gasteiger partial charge in [-0.05, 0) is 74.0 Å². The molecule has 0 heterocycles. The zero-order valence-electron chi connectivity index (χ0n) is 22.8. The quantitative estimate of drug-likeness (QED) is 0.178. The van der Waals surface area contributed by atoms with Gasteiger partial charge >= 0.3 is 0 Å². The maximum atomic E-state index is 3.82. The monoisotopic (exact) mass is 599 g/mol. The fourth-order valence-corrected chi connectivity index (χ4v) is 6.78. The number of hydrogen-bond donors (Lipinski definition) is 0. The van der Waals surface area contributed by atoms with Crippen LogP contribution in [0.1, 0.15) is 0 Å². The van der Waals surface area contributed by atoms with E-state index in [0.29, 0.717) is 0 Å². The second-order valence-corrected chi connectivity index (χ2v) is 11.5. The minimum absolute atomic E-state index is 1.12. The van der Waals surface area contributed by atoms with Crippen LogP contribution in [-0.2, 0) is 0 Å². The summed E-state index contributed by atoms with van der Waals surface area (Å²) in [6.45, 7) is 0. The third-order valence-corrected chi connectivity index (χ3v) is 8.97. The van der Waals surface area contributed by atoms with Crippen molar-refractivity contribution in [1.29, 1.82) is 0 Å². The molecule has 2 heteroatoms. The van der Waals surface area contributed by atoms with Gasteiger partial charge in [0.25, 0.3) is 0 Å². The van der Waals surface area contributed by atoms with Gasteiger partial charge in [0.1, 0.15) is 0 Å². The van der Waals surface area contributed by atoms with Gasteiger partial charge in [0, 0.05) is 21.1 Å². The van der Waals surface area contributed by atoms with Gasteiger partial charge in [0.15, 0.2) is 0 Å². The summed E-state index contributed by atoms with van der Waals surface area (Å²) < 4.78 is 1.12. The largest absolute Gasteiger partial charge is 0.309 e. The molecule has 0 fully saturated rings. The molecule has 42 heavy (non-hydrogen) atoms. The maximum absolute atomic E-state index is 3.82. The van der Waals surface area contributed by atoms with Crippen LogP contribution in [0.25, 0.3) is 54.6 Å². The van der Waals surface area contributed by atoms with E-state index in [1.807, 2.05) is 0 Å². The van der Waals surface area contributed by atoms with Gasteiger partial charge in [-0.25, -0.2) is 0 Å². The Kier molecular flexibility index (Phi) is 6.01. The fraction of sp³-hybridized carbons (Fsp3) is 0. The third kappa shape index (κ3) is 4.07. The summed E-state index contributed by atoms with van der Waals surface area (Å²) in [6, 6.07) is 56.9. The Morgan fingerprint density at radius 1 is 0.405 bits per heavy atom. The van der Waals surface area contributed by atoms with Crippen LogP contribution in [0.5, 0.6) is 0 Å². The number of rotatable bonds is 5. The summed E-state index contributed by atoms with van der Waals surface area (Å²) >= 11 is 3.82. The number of benzene rings is 8. The lowest BCUT2D eigenvalue weighted by Gasteiger charge is -2.30. The molecule has 0 aliphatic carbocycles. The van der Waals surface area contributed by atoms with Gasteiger partial charge in [-0.3, -0.25) is 0 Å². The molecule has 0 amide bonds. The van der Waals surface area contributed by atoms with E-state index in [1.165, 1.54) is 54.6 Å². The molecule has 198 valence electrons. The summed E-state index contributed by atoms with van der Waals surface area (Å²) in [5, 5.41) is 7.58. The van der Waals surface area contributed by atoms with Crippen molar-refractivity contribution in [2.75, 3.05) is 4.90 Å². The zero-order chi connectivity index (χ0) is 28.0.